The molecule has 3 heteroatoms. The van der Waals surface area contributed by atoms with Gasteiger partial charge in [-0.15, -0.1) is 0 Å². The summed E-state index contributed by atoms with van der Waals surface area (Å²) in [6, 6.07) is 9.52. The molecule has 0 spiro atoms. The molecule has 1 aromatic rings. The summed E-state index contributed by atoms with van der Waals surface area (Å²) in [5, 5.41) is 8.91. The normalized spacial score (nSPS) is 17.8. The molecule has 0 amide bonds. The van der Waals surface area contributed by atoms with Gasteiger partial charge in [0.05, 0.1) is 0 Å². The predicted molar refractivity (Wildman–Crippen MR) is 83.8 cm³/mol. The molecule has 0 aliphatic carbocycles. The molecule has 0 aromatic heterocycles. The van der Waals surface area contributed by atoms with Crippen LogP contribution >= 0.6 is 0 Å². The highest BCUT2D eigenvalue weighted by molar-refractivity contribution is 5.22. The zero-order valence-corrected chi connectivity index (χ0v) is 12.9. The van der Waals surface area contributed by atoms with E-state index in [0.717, 1.165) is 19.5 Å². The quantitative estimate of drug-likeness (QED) is 0.863. The highest BCUT2D eigenvalue weighted by Crippen LogP contribution is 2.18. The highest BCUT2D eigenvalue weighted by atomic mass is 16.3. The number of aliphatic hydroxyl groups is 1. The minimum absolute atomic E-state index is 0.302. The van der Waals surface area contributed by atoms with Gasteiger partial charge in [-0.25, -0.2) is 0 Å². The summed E-state index contributed by atoms with van der Waals surface area (Å²) in [4.78, 5) is 4.98. The van der Waals surface area contributed by atoms with Gasteiger partial charge in [0.2, 0.25) is 0 Å². The van der Waals surface area contributed by atoms with Crippen LogP contribution in [0.15, 0.2) is 24.3 Å². The van der Waals surface area contributed by atoms with Gasteiger partial charge >= 0.3 is 0 Å². The Hall–Kier alpha value is -0.900. The van der Waals surface area contributed by atoms with Crippen LogP contribution in [0.5, 0.6) is 0 Å². The molecule has 0 unspecified atom stereocenters. The molecule has 1 aliphatic rings. The average molecular weight is 276 g/mol. The zero-order chi connectivity index (χ0) is 14.4. The molecular weight excluding hydrogens is 248 g/mol. The Labute approximate surface area is 123 Å². The third-order valence-electron chi connectivity index (χ3n) is 4.34. The van der Waals surface area contributed by atoms with Gasteiger partial charge in [0.25, 0.3) is 0 Å². The van der Waals surface area contributed by atoms with E-state index in [0.29, 0.717) is 12.6 Å². The summed E-state index contributed by atoms with van der Waals surface area (Å²) in [6.45, 7) is 6.92. The number of aliphatic hydroxyl groups excluding tert-OH is 1. The summed E-state index contributed by atoms with van der Waals surface area (Å²) in [5.74, 6) is 0. The molecule has 0 radical (unpaired) electrons. The Kier molecular flexibility index (Phi) is 6.02. The van der Waals surface area contributed by atoms with E-state index in [4.69, 9.17) is 5.11 Å². The molecule has 1 heterocycles. The van der Waals surface area contributed by atoms with Crippen molar-refractivity contribution >= 4 is 0 Å². The first kappa shape index (κ1) is 15.5. The number of benzene rings is 1. The standard InChI is InChI=1S/C17H28N2O/c1-15-5-3-6-16(13-15)14-19-10-7-17(8-11-19)18(2)9-4-12-20/h3,5-6,13,17,20H,4,7-12,14H2,1-2H3. The van der Waals surface area contributed by atoms with Crippen molar-refractivity contribution in [2.24, 2.45) is 0 Å². The van der Waals surface area contributed by atoms with Crippen LogP contribution in [-0.2, 0) is 6.54 Å². The van der Waals surface area contributed by atoms with Gasteiger partial charge in [0, 0.05) is 25.7 Å². The van der Waals surface area contributed by atoms with E-state index in [1.807, 2.05) is 0 Å². The van der Waals surface area contributed by atoms with Crippen molar-refractivity contribution in [2.75, 3.05) is 33.3 Å². The first-order valence-electron chi connectivity index (χ1n) is 7.78. The lowest BCUT2D eigenvalue weighted by molar-refractivity contribution is 0.117. The third kappa shape index (κ3) is 4.58. The fraction of sp³-hybridized carbons (Fsp3) is 0.647. The average Bonchev–Trinajstić information content (AvgIpc) is 2.45. The smallest absolute Gasteiger partial charge is 0.0443 e. The Bertz CT molecular complexity index is 400. The molecule has 112 valence electrons. The van der Waals surface area contributed by atoms with Gasteiger partial charge in [-0.05, 0) is 51.9 Å². The summed E-state index contributed by atoms with van der Waals surface area (Å²) in [6.07, 6.45) is 3.38. The van der Waals surface area contributed by atoms with Crippen molar-refractivity contribution in [1.29, 1.82) is 0 Å². The van der Waals surface area contributed by atoms with Gasteiger partial charge in [0.15, 0.2) is 0 Å². The lowest BCUT2D eigenvalue weighted by atomic mass is 10.0. The summed E-state index contributed by atoms with van der Waals surface area (Å²) in [7, 11) is 2.19. The Morgan fingerprint density at radius 2 is 2.05 bits per heavy atom. The molecule has 0 saturated carbocycles. The van der Waals surface area contributed by atoms with E-state index < -0.39 is 0 Å². The van der Waals surface area contributed by atoms with E-state index in [9.17, 15) is 0 Å². The molecule has 1 N–H and O–H groups in total. The maximum Gasteiger partial charge on any atom is 0.0443 e. The fourth-order valence-corrected chi connectivity index (χ4v) is 3.09. The molecule has 1 aromatic carbocycles. The Morgan fingerprint density at radius 3 is 2.70 bits per heavy atom. The van der Waals surface area contributed by atoms with E-state index >= 15 is 0 Å². The van der Waals surface area contributed by atoms with Crippen molar-refractivity contribution in [3.63, 3.8) is 0 Å². The molecule has 3 nitrogen and oxygen atoms in total. The Balaban J connectivity index is 1.76. The minimum atomic E-state index is 0.302. The van der Waals surface area contributed by atoms with Crippen LogP contribution in [0.2, 0.25) is 0 Å². The third-order valence-corrected chi connectivity index (χ3v) is 4.34. The second-order valence-electron chi connectivity index (χ2n) is 6.05. The maximum atomic E-state index is 8.91. The monoisotopic (exact) mass is 276 g/mol. The SMILES string of the molecule is Cc1cccc(CN2CCC(N(C)CCCO)CC2)c1. The number of nitrogens with zero attached hydrogens (tertiary/aromatic N) is 2. The fourth-order valence-electron chi connectivity index (χ4n) is 3.09. The van der Waals surface area contributed by atoms with Gasteiger partial charge in [0.1, 0.15) is 0 Å². The van der Waals surface area contributed by atoms with Crippen molar-refractivity contribution in [2.45, 2.75) is 38.8 Å². The van der Waals surface area contributed by atoms with E-state index in [1.54, 1.807) is 0 Å². The van der Waals surface area contributed by atoms with Crippen LogP contribution in [0.4, 0.5) is 0 Å². The number of hydrogen-bond donors (Lipinski definition) is 1. The number of aryl methyl sites for hydroxylation is 1. The summed E-state index contributed by atoms with van der Waals surface area (Å²) < 4.78 is 0. The molecule has 0 bridgehead atoms. The minimum Gasteiger partial charge on any atom is -0.396 e. The van der Waals surface area contributed by atoms with Crippen LogP contribution in [0.1, 0.15) is 30.4 Å². The number of piperidine rings is 1. The number of rotatable bonds is 6. The van der Waals surface area contributed by atoms with Crippen LogP contribution in [0.3, 0.4) is 0 Å². The van der Waals surface area contributed by atoms with E-state index in [1.165, 1.54) is 37.1 Å². The Morgan fingerprint density at radius 1 is 1.30 bits per heavy atom. The molecule has 0 atom stereocenters. The molecular formula is C17H28N2O. The number of likely N-dealkylation sites (tertiary alicyclic amines) is 1. The zero-order valence-electron chi connectivity index (χ0n) is 12.9. The molecule has 1 saturated heterocycles. The van der Waals surface area contributed by atoms with E-state index in [-0.39, 0.29) is 0 Å². The first-order valence-corrected chi connectivity index (χ1v) is 7.78. The second-order valence-corrected chi connectivity index (χ2v) is 6.05. The van der Waals surface area contributed by atoms with Crippen molar-refractivity contribution < 1.29 is 5.11 Å². The summed E-state index contributed by atoms with van der Waals surface area (Å²) >= 11 is 0. The van der Waals surface area contributed by atoms with E-state index in [2.05, 4.69) is 48.0 Å². The van der Waals surface area contributed by atoms with Crippen LogP contribution < -0.4 is 0 Å². The van der Waals surface area contributed by atoms with Crippen LogP contribution in [-0.4, -0.2) is 54.2 Å². The van der Waals surface area contributed by atoms with Gasteiger partial charge in [-0.3, -0.25) is 4.90 Å². The summed E-state index contributed by atoms with van der Waals surface area (Å²) in [5.41, 5.74) is 2.78. The van der Waals surface area contributed by atoms with Crippen LogP contribution in [0, 0.1) is 6.92 Å². The topological polar surface area (TPSA) is 26.7 Å². The predicted octanol–water partition coefficient (Wildman–Crippen LogP) is 2.27. The first-order chi connectivity index (χ1) is 9.69. The van der Waals surface area contributed by atoms with Crippen molar-refractivity contribution in [3.05, 3.63) is 35.4 Å². The van der Waals surface area contributed by atoms with Gasteiger partial charge < -0.3 is 10.0 Å². The lowest BCUT2D eigenvalue weighted by Gasteiger charge is -2.36. The van der Waals surface area contributed by atoms with Gasteiger partial charge in [-0.1, -0.05) is 29.8 Å². The molecule has 1 aliphatic heterocycles. The van der Waals surface area contributed by atoms with Crippen LogP contribution in [0.25, 0.3) is 0 Å². The van der Waals surface area contributed by atoms with Crippen molar-refractivity contribution in [1.82, 2.24) is 9.80 Å². The molecule has 1 fully saturated rings. The lowest BCUT2D eigenvalue weighted by Crippen LogP contribution is -2.43. The largest absolute Gasteiger partial charge is 0.396 e. The van der Waals surface area contributed by atoms with Crippen molar-refractivity contribution in [3.8, 4) is 0 Å². The maximum absolute atomic E-state index is 8.91. The molecule has 20 heavy (non-hydrogen) atoms. The number of hydrogen-bond acceptors (Lipinski definition) is 3. The highest BCUT2D eigenvalue weighted by Gasteiger charge is 2.21. The molecule has 2 rings (SSSR count). The van der Waals surface area contributed by atoms with Gasteiger partial charge in [-0.2, -0.15) is 0 Å². The second kappa shape index (κ2) is 7.77.